The summed E-state index contributed by atoms with van der Waals surface area (Å²) in [5, 5.41) is 4.97. The second-order valence-corrected chi connectivity index (χ2v) is 6.89. The highest BCUT2D eigenvalue weighted by molar-refractivity contribution is 8.01. The number of hydrogen-bond donors (Lipinski definition) is 2. The van der Waals surface area contributed by atoms with Crippen molar-refractivity contribution >= 4 is 35.0 Å². The van der Waals surface area contributed by atoms with Gasteiger partial charge in [0.2, 0.25) is 11.8 Å². The highest BCUT2D eigenvalue weighted by Crippen LogP contribution is 2.29. The summed E-state index contributed by atoms with van der Waals surface area (Å²) in [4.78, 5) is 24.3. The van der Waals surface area contributed by atoms with Crippen LogP contribution < -0.4 is 20.1 Å². The fourth-order valence-electron chi connectivity index (χ4n) is 2.14. The molecule has 0 aromatic heterocycles. The van der Waals surface area contributed by atoms with Crippen LogP contribution in [0.3, 0.4) is 0 Å². The summed E-state index contributed by atoms with van der Waals surface area (Å²) < 4.78 is 23.2. The summed E-state index contributed by atoms with van der Waals surface area (Å²) in [5.74, 6) is 0.290. The summed E-state index contributed by atoms with van der Waals surface area (Å²) in [5.41, 5.74) is 1.02. The standard InChI is InChI=1S/C19H21FN2O4S/c1-12(27-11-18(23)21-14-6-4-13(20)5-7-14)19(24)22-16-9-8-15(25-2)10-17(16)26-3/h4-10,12H,11H2,1-3H3,(H,21,23)(H,22,24)/t12-/m0/s1. The van der Waals surface area contributed by atoms with Gasteiger partial charge in [-0.25, -0.2) is 4.39 Å². The number of rotatable bonds is 8. The lowest BCUT2D eigenvalue weighted by Gasteiger charge is -2.15. The van der Waals surface area contributed by atoms with Crippen molar-refractivity contribution in [1.82, 2.24) is 0 Å². The molecule has 0 saturated heterocycles. The Morgan fingerprint density at radius 1 is 1.07 bits per heavy atom. The van der Waals surface area contributed by atoms with Crippen LogP contribution in [-0.4, -0.2) is 37.0 Å². The number of methoxy groups -OCH3 is 2. The Labute approximate surface area is 161 Å². The van der Waals surface area contributed by atoms with Crippen LogP contribution in [0, 0.1) is 5.82 Å². The van der Waals surface area contributed by atoms with E-state index in [1.54, 1.807) is 32.2 Å². The Morgan fingerprint density at radius 2 is 1.78 bits per heavy atom. The Morgan fingerprint density at radius 3 is 2.41 bits per heavy atom. The van der Waals surface area contributed by atoms with E-state index in [4.69, 9.17) is 9.47 Å². The van der Waals surface area contributed by atoms with Crippen molar-refractivity contribution in [3.63, 3.8) is 0 Å². The van der Waals surface area contributed by atoms with Gasteiger partial charge in [0, 0.05) is 11.8 Å². The maximum atomic E-state index is 12.9. The quantitative estimate of drug-likeness (QED) is 0.719. The lowest BCUT2D eigenvalue weighted by molar-refractivity contribution is -0.115. The van der Waals surface area contributed by atoms with Crippen LogP contribution in [0.1, 0.15) is 6.92 Å². The van der Waals surface area contributed by atoms with Gasteiger partial charge in [0.15, 0.2) is 0 Å². The first-order chi connectivity index (χ1) is 12.9. The summed E-state index contributed by atoms with van der Waals surface area (Å²) >= 11 is 1.19. The zero-order chi connectivity index (χ0) is 19.8. The maximum absolute atomic E-state index is 12.9. The molecule has 2 N–H and O–H groups in total. The van der Waals surface area contributed by atoms with Crippen molar-refractivity contribution in [1.29, 1.82) is 0 Å². The van der Waals surface area contributed by atoms with Gasteiger partial charge in [-0.05, 0) is 43.3 Å². The van der Waals surface area contributed by atoms with Gasteiger partial charge in [-0.2, -0.15) is 0 Å². The molecule has 0 aliphatic rings. The molecule has 0 aliphatic heterocycles. The molecular formula is C19H21FN2O4S. The van der Waals surface area contributed by atoms with Crippen LogP contribution in [0.5, 0.6) is 11.5 Å². The van der Waals surface area contributed by atoms with E-state index in [1.165, 1.54) is 43.1 Å². The lowest BCUT2D eigenvalue weighted by atomic mass is 10.2. The number of carbonyl (C=O) groups excluding carboxylic acids is 2. The van der Waals surface area contributed by atoms with Crippen molar-refractivity contribution < 1.29 is 23.5 Å². The Balaban J connectivity index is 1.86. The maximum Gasteiger partial charge on any atom is 0.237 e. The molecular weight excluding hydrogens is 371 g/mol. The number of hydrogen-bond acceptors (Lipinski definition) is 5. The molecule has 8 heteroatoms. The van der Waals surface area contributed by atoms with Crippen molar-refractivity contribution in [2.45, 2.75) is 12.2 Å². The third-order valence-electron chi connectivity index (χ3n) is 3.63. The Bertz CT molecular complexity index is 799. The lowest BCUT2D eigenvalue weighted by Crippen LogP contribution is -2.25. The molecule has 0 radical (unpaired) electrons. The molecule has 27 heavy (non-hydrogen) atoms. The molecule has 2 rings (SSSR count). The first-order valence-electron chi connectivity index (χ1n) is 8.13. The average Bonchev–Trinajstić information content (AvgIpc) is 2.68. The van der Waals surface area contributed by atoms with Crippen LogP contribution >= 0.6 is 11.8 Å². The van der Waals surface area contributed by atoms with Gasteiger partial charge < -0.3 is 20.1 Å². The third kappa shape index (κ3) is 6.18. The fourth-order valence-corrected chi connectivity index (χ4v) is 2.83. The van der Waals surface area contributed by atoms with Gasteiger partial charge in [0.1, 0.15) is 17.3 Å². The van der Waals surface area contributed by atoms with Crippen LogP contribution in [0.2, 0.25) is 0 Å². The smallest absolute Gasteiger partial charge is 0.237 e. The molecule has 0 aliphatic carbocycles. The second kappa shape index (κ2) is 9.82. The van der Waals surface area contributed by atoms with E-state index in [0.29, 0.717) is 22.9 Å². The number of nitrogens with one attached hydrogen (secondary N) is 2. The fraction of sp³-hybridized carbons (Fsp3) is 0.263. The van der Waals surface area contributed by atoms with E-state index in [1.807, 2.05) is 0 Å². The number of benzene rings is 2. The molecule has 0 heterocycles. The molecule has 2 aromatic rings. The molecule has 0 spiro atoms. The normalized spacial score (nSPS) is 11.4. The van der Waals surface area contributed by atoms with Gasteiger partial charge in [-0.3, -0.25) is 9.59 Å². The number of ether oxygens (including phenoxy) is 2. The minimum absolute atomic E-state index is 0.0890. The molecule has 1 atom stereocenters. The molecule has 0 unspecified atom stereocenters. The number of anilines is 2. The van der Waals surface area contributed by atoms with Crippen LogP contribution in [0.4, 0.5) is 15.8 Å². The van der Waals surface area contributed by atoms with Crippen LogP contribution in [0.25, 0.3) is 0 Å². The second-order valence-electron chi connectivity index (χ2n) is 5.56. The molecule has 144 valence electrons. The van der Waals surface area contributed by atoms with E-state index in [2.05, 4.69) is 10.6 Å². The molecule has 6 nitrogen and oxygen atoms in total. The van der Waals surface area contributed by atoms with Crippen molar-refractivity contribution in [3.05, 3.63) is 48.3 Å². The first kappa shape index (κ1) is 20.6. The third-order valence-corrected chi connectivity index (χ3v) is 4.77. The van der Waals surface area contributed by atoms with E-state index < -0.39 is 5.25 Å². The zero-order valence-corrected chi connectivity index (χ0v) is 16.1. The van der Waals surface area contributed by atoms with Crippen molar-refractivity contribution in [2.75, 3.05) is 30.6 Å². The monoisotopic (exact) mass is 392 g/mol. The summed E-state index contributed by atoms with van der Waals surface area (Å²) in [7, 11) is 3.05. The largest absolute Gasteiger partial charge is 0.497 e. The Kier molecular flexibility index (Phi) is 7.48. The number of amides is 2. The minimum atomic E-state index is -0.462. The van der Waals surface area contributed by atoms with Gasteiger partial charge >= 0.3 is 0 Å². The number of halogens is 1. The van der Waals surface area contributed by atoms with E-state index >= 15 is 0 Å². The molecule has 0 fully saturated rings. The molecule has 0 bridgehead atoms. The topological polar surface area (TPSA) is 76.7 Å². The van der Waals surface area contributed by atoms with E-state index in [0.717, 1.165) is 0 Å². The number of carbonyl (C=O) groups is 2. The average molecular weight is 392 g/mol. The highest BCUT2D eigenvalue weighted by atomic mass is 32.2. The number of thioether (sulfide) groups is 1. The SMILES string of the molecule is COc1ccc(NC(=O)[C@H](C)SCC(=O)Nc2ccc(F)cc2)c(OC)c1. The summed E-state index contributed by atoms with van der Waals surface area (Å²) in [6.45, 7) is 1.71. The van der Waals surface area contributed by atoms with E-state index in [-0.39, 0.29) is 23.4 Å². The van der Waals surface area contributed by atoms with Gasteiger partial charge in [-0.1, -0.05) is 0 Å². The molecule has 0 saturated carbocycles. The first-order valence-corrected chi connectivity index (χ1v) is 9.17. The van der Waals surface area contributed by atoms with Crippen molar-refractivity contribution in [3.8, 4) is 11.5 Å². The zero-order valence-electron chi connectivity index (χ0n) is 15.2. The summed E-state index contributed by atoms with van der Waals surface area (Å²) in [6.07, 6.45) is 0. The predicted molar refractivity (Wildman–Crippen MR) is 105 cm³/mol. The summed E-state index contributed by atoms with van der Waals surface area (Å²) in [6, 6.07) is 10.6. The van der Waals surface area contributed by atoms with Crippen LogP contribution in [0.15, 0.2) is 42.5 Å². The van der Waals surface area contributed by atoms with E-state index in [9.17, 15) is 14.0 Å². The Hall–Kier alpha value is -2.74. The highest BCUT2D eigenvalue weighted by Gasteiger charge is 2.17. The van der Waals surface area contributed by atoms with Gasteiger partial charge in [0.25, 0.3) is 0 Å². The van der Waals surface area contributed by atoms with Crippen molar-refractivity contribution in [2.24, 2.45) is 0 Å². The molecule has 2 aromatic carbocycles. The molecule has 2 amide bonds. The minimum Gasteiger partial charge on any atom is -0.497 e. The van der Waals surface area contributed by atoms with Gasteiger partial charge in [0.05, 0.1) is 30.9 Å². The van der Waals surface area contributed by atoms with Crippen LogP contribution in [-0.2, 0) is 9.59 Å². The van der Waals surface area contributed by atoms with Gasteiger partial charge in [-0.15, -0.1) is 11.8 Å². The predicted octanol–water partition coefficient (Wildman–Crippen LogP) is 3.54.